The summed E-state index contributed by atoms with van der Waals surface area (Å²) in [4.78, 5) is 24.9. The standard InChI is InChI=1S/C22H35N3O5/c1-2-25-20-18(7-5-12-28-13-6-11-23-21(20)26)19(24-25)8-3-4-14-30-22(27)17-9-15-29-16-10-17/h17H,2-16H2,1H3,(H,23,26). The molecule has 1 aromatic heterocycles. The molecular weight excluding hydrogens is 386 g/mol. The Bertz CT molecular complexity index is 697. The predicted molar refractivity (Wildman–Crippen MR) is 111 cm³/mol. The fraction of sp³-hybridized carbons (Fsp3) is 0.773. The number of rotatable bonds is 7. The van der Waals surface area contributed by atoms with E-state index in [4.69, 9.17) is 19.3 Å². The molecule has 0 atom stereocenters. The van der Waals surface area contributed by atoms with Crippen molar-refractivity contribution in [2.45, 2.75) is 64.8 Å². The average molecular weight is 422 g/mol. The van der Waals surface area contributed by atoms with Gasteiger partial charge in [0, 0.05) is 45.1 Å². The topological polar surface area (TPSA) is 91.7 Å². The maximum atomic E-state index is 12.8. The maximum Gasteiger partial charge on any atom is 0.309 e. The summed E-state index contributed by atoms with van der Waals surface area (Å²) in [5.74, 6) is -0.159. The van der Waals surface area contributed by atoms with Crippen molar-refractivity contribution >= 4 is 11.9 Å². The van der Waals surface area contributed by atoms with E-state index in [-0.39, 0.29) is 17.8 Å². The number of fused-ring (bicyclic) bond motifs is 1. The van der Waals surface area contributed by atoms with Crippen LogP contribution in [0.3, 0.4) is 0 Å². The summed E-state index contributed by atoms with van der Waals surface area (Å²) in [5.41, 5.74) is 2.72. The molecule has 1 aromatic rings. The first-order valence-electron chi connectivity index (χ1n) is 11.4. The summed E-state index contributed by atoms with van der Waals surface area (Å²) < 4.78 is 18.2. The molecule has 168 valence electrons. The van der Waals surface area contributed by atoms with Crippen LogP contribution in [0.25, 0.3) is 0 Å². The molecule has 1 amide bonds. The molecule has 2 aliphatic heterocycles. The molecule has 1 saturated heterocycles. The van der Waals surface area contributed by atoms with E-state index in [9.17, 15) is 9.59 Å². The highest BCUT2D eigenvalue weighted by atomic mass is 16.5. The smallest absolute Gasteiger partial charge is 0.309 e. The third-order valence-electron chi connectivity index (χ3n) is 5.72. The number of amides is 1. The van der Waals surface area contributed by atoms with Crippen LogP contribution in [0.4, 0.5) is 0 Å². The van der Waals surface area contributed by atoms with Crippen LogP contribution in [-0.4, -0.2) is 61.2 Å². The van der Waals surface area contributed by atoms with Gasteiger partial charge >= 0.3 is 5.97 Å². The quantitative estimate of drug-likeness (QED) is 0.536. The van der Waals surface area contributed by atoms with E-state index in [1.54, 1.807) is 0 Å². The minimum atomic E-state index is -0.0984. The van der Waals surface area contributed by atoms with Gasteiger partial charge in [-0.2, -0.15) is 5.10 Å². The fourth-order valence-electron chi connectivity index (χ4n) is 4.03. The van der Waals surface area contributed by atoms with Crippen LogP contribution in [0.2, 0.25) is 0 Å². The SMILES string of the molecule is CCn1nc(CCCCOC(=O)C2CCOCC2)c2c1C(=O)NCCCOCCC2. The number of esters is 1. The van der Waals surface area contributed by atoms with E-state index in [2.05, 4.69) is 5.32 Å². The predicted octanol–water partition coefficient (Wildman–Crippen LogP) is 2.28. The highest BCUT2D eigenvalue weighted by Gasteiger charge is 2.24. The number of aromatic nitrogens is 2. The molecule has 3 heterocycles. The Balaban J connectivity index is 1.54. The number of ether oxygens (including phenoxy) is 3. The van der Waals surface area contributed by atoms with Gasteiger partial charge in [0.15, 0.2) is 0 Å². The van der Waals surface area contributed by atoms with Crippen molar-refractivity contribution in [3.63, 3.8) is 0 Å². The summed E-state index contributed by atoms with van der Waals surface area (Å²) in [6, 6.07) is 0. The summed E-state index contributed by atoms with van der Waals surface area (Å²) in [7, 11) is 0. The molecule has 0 radical (unpaired) electrons. The number of hydrogen-bond donors (Lipinski definition) is 1. The molecule has 0 spiro atoms. The second-order valence-electron chi connectivity index (χ2n) is 7.93. The molecule has 3 rings (SSSR count). The number of unbranched alkanes of at least 4 members (excludes halogenated alkanes) is 1. The zero-order valence-corrected chi connectivity index (χ0v) is 18.1. The van der Waals surface area contributed by atoms with Crippen molar-refractivity contribution in [3.05, 3.63) is 17.0 Å². The van der Waals surface area contributed by atoms with E-state index in [0.717, 1.165) is 62.6 Å². The average Bonchev–Trinajstić information content (AvgIpc) is 3.11. The van der Waals surface area contributed by atoms with E-state index >= 15 is 0 Å². The molecule has 1 fully saturated rings. The van der Waals surface area contributed by atoms with Gasteiger partial charge in [-0.3, -0.25) is 14.3 Å². The number of aryl methyl sites for hydroxylation is 2. The van der Waals surface area contributed by atoms with Crippen molar-refractivity contribution in [1.29, 1.82) is 0 Å². The molecule has 0 aliphatic carbocycles. The molecule has 0 bridgehead atoms. The first-order valence-corrected chi connectivity index (χ1v) is 11.4. The number of nitrogens with zero attached hydrogens (tertiary/aromatic N) is 2. The van der Waals surface area contributed by atoms with Crippen LogP contribution in [0.15, 0.2) is 0 Å². The van der Waals surface area contributed by atoms with Gasteiger partial charge in [0.1, 0.15) is 5.69 Å². The van der Waals surface area contributed by atoms with Crippen molar-refractivity contribution in [2.75, 3.05) is 39.6 Å². The van der Waals surface area contributed by atoms with Crippen LogP contribution in [-0.2, 0) is 38.4 Å². The van der Waals surface area contributed by atoms with Crippen molar-refractivity contribution in [2.24, 2.45) is 5.92 Å². The Labute approximate surface area is 178 Å². The highest BCUT2D eigenvalue weighted by Crippen LogP contribution is 2.20. The molecule has 8 nitrogen and oxygen atoms in total. The summed E-state index contributed by atoms with van der Waals surface area (Å²) in [6.45, 7) is 6.38. The zero-order valence-electron chi connectivity index (χ0n) is 18.1. The second-order valence-corrected chi connectivity index (χ2v) is 7.93. The molecule has 0 aromatic carbocycles. The van der Waals surface area contributed by atoms with Gasteiger partial charge in [-0.05, 0) is 58.3 Å². The van der Waals surface area contributed by atoms with E-state index < -0.39 is 0 Å². The molecule has 8 heteroatoms. The van der Waals surface area contributed by atoms with Crippen LogP contribution in [0, 0.1) is 5.92 Å². The summed E-state index contributed by atoms with van der Waals surface area (Å²) >= 11 is 0. The van der Waals surface area contributed by atoms with Crippen LogP contribution in [0.1, 0.15) is 67.2 Å². The monoisotopic (exact) mass is 421 g/mol. The Kier molecular flexibility index (Phi) is 9.14. The minimum absolute atomic E-state index is 0.0171. The Hall–Kier alpha value is -1.93. The molecule has 0 unspecified atom stereocenters. The van der Waals surface area contributed by atoms with Gasteiger partial charge in [0.25, 0.3) is 5.91 Å². The second kappa shape index (κ2) is 12.1. The van der Waals surface area contributed by atoms with Gasteiger partial charge < -0.3 is 19.5 Å². The van der Waals surface area contributed by atoms with E-state index in [1.165, 1.54) is 0 Å². The maximum absolute atomic E-state index is 12.8. The normalized spacial score (nSPS) is 18.9. The first kappa shape index (κ1) is 22.7. The number of nitrogens with one attached hydrogen (secondary N) is 1. The fourth-order valence-corrected chi connectivity index (χ4v) is 4.03. The zero-order chi connectivity index (χ0) is 21.2. The van der Waals surface area contributed by atoms with Crippen LogP contribution in [0.5, 0.6) is 0 Å². The van der Waals surface area contributed by atoms with E-state index in [1.807, 2.05) is 11.6 Å². The van der Waals surface area contributed by atoms with Crippen molar-refractivity contribution in [1.82, 2.24) is 15.1 Å². The number of carbonyl (C=O) groups is 2. The highest BCUT2D eigenvalue weighted by molar-refractivity contribution is 5.94. The van der Waals surface area contributed by atoms with Gasteiger partial charge in [-0.1, -0.05) is 0 Å². The summed E-state index contributed by atoms with van der Waals surface area (Å²) in [5, 5.41) is 7.73. The van der Waals surface area contributed by atoms with Crippen molar-refractivity contribution in [3.8, 4) is 0 Å². The number of hydrogen-bond acceptors (Lipinski definition) is 6. The summed E-state index contributed by atoms with van der Waals surface area (Å²) in [6.07, 6.45) is 6.43. The molecule has 1 N–H and O–H groups in total. The Morgan fingerprint density at radius 2 is 1.93 bits per heavy atom. The Morgan fingerprint density at radius 3 is 2.73 bits per heavy atom. The minimum Gasteiger partial charge on any atom is -0.465 e. The lowest BCUT2D eigenvalue weighted by Gasteiger charge is -2.20. The lowest BCUT2D eigenvalue weighted by atomic mass is 10.0. The lowest BCUT2D eigenvalue weighted by molar-refractivity contribution is -0.151. The molecule has 2 aliphatic rings. The third kappa shape index (κ3) is 6.28. The van der Waals surface area contributed by atoms with Gasteiger partial charge in [-0.15, -0.1) is 0 Å². The lowest BCUT2D eigenvalue weighted by Crippen LogP contribution is -2.28. The molecule has 30 heavy (non-hydrogen) atoms. The third-order valence-corrected chi connectivity index (χ3v) is 5.72. The largest absolute Gasteiger partial charge is 0.465 e. The molecule has 0 saturated carbocycles. The molecular formula is C22H35N3O5. The number of carbonyl (C=O) groups excluding carboxylic acids is 2. The van der Waals surface area contributed by atoms with E-state index in [0.29, 0.717) is 51.8 Å². The van der Waals surface area contributed by atoms with Crippen LogP contribution < -0.4 is 5.32 Å². The van der Waals surface area contributed by atoms with Crippen LogP contribution >= 0.6 is 0 Å². The van der Waals surface area contributed by atoms with Gasteiger partial charge in [-0.25, -0.2) is 0 Å². The van der Waals surface area contributed by atoms with Gasteiger partial charge in [0.05, 0.1) is 18.2 Å². The first-order chi connectivity index (χ1) is 14.7. The van der Waals surface area contributed by atoms with Crippen molar-refractivity contribution < 1.29 is 23.8 Å². The Morgan fingerprint density at radius 1 is 1.17 bits per heavy atom. The van der Waals surface area contributed by atoms with Gasteiger partial charge in [0.2, 0.25) is 0 Å².